The number of likely N-dealkylation sites (N-methyl/N-ethyl adjacent to an activating group) is 1. The summed E-state index contributed by atoms with van der Waals surface area (Å²) in [7, 11) is 1.56. The first-order chi connectivity index (χ1) is 7.73. The molecule has 0 aromatic heterocycles. The highest BCUT2D eigenvalue weighted by Gasteiger charge is 2.31. The molecular weight excluding hydrogens is 218 g/mol. The number of nitrogens with one attached hydrogen (secondary N) is 1. The van der Waals surface area contributed by atoms with Crippen LogP contribution in [-0.2, 0) is 9.59 Å². The number of nitrogens with two attached hydrogens (primary N) is 1. The normalized spacial score (nSPS) is 13.1. The van der Waals surface area contributed by atoms with E-state index in [-0.39, 0.29) is 23.8 Å². The minimum Gasteiger partial charge on any atom is -0.358 e. The van der Waals surface area contributed by atoms with E-state index in [2.05, 4.69) is 5.32 Å². The van der Waals surface area contributed by atoms with Gasteiger partial charge in [0.05, 0.1) is 12.6 Å². The molecule has 0 unspecified atom stereocenters. The summed E-state index contributed by atoms with van der Waals surface area (Å²) < 4.78 is 0. The van der Waals surface area contributed by atoms with Gasteiger partial charge >= 0.3 is 0 Å². The highest BCUT2D eigenvalue weighted by Crippen LogP contribution is 2.19. The van der Waals surface area contributed by atoms with Crippen LogP contribution >= 0.6 is 0 Å². The lowest BCUT2D eigenvalue weighted by Gasteiger charge is -2.31. The molecule has 0 bridgehead atoms. The van der Waals surface area contributed by atoms with Gasteiger partial charge in [-0.1, -0.05) is 27.7 Å². The van der Waals surface area contributed by atoms with Crippen molar-refractivity contribution in [3.05, 3.63) is 0 Å². The standard InChI is InChI=1S/C12H25N3O2/c1-6-7-15(8-9(16)14-5)11(17)10(13)12(2,3)4/h10H,6-8,13H2,1-5H3,(H,14,16)/t10-/m1/s1. The molecule has 0 aliphatic heterocycles. The van der Waals surface area contributed by atoms with Crippen molar-refractivity contribution < 1.29 is 9.59 Å². The lowest BCUT2D eigenvalue weighted by molar-refractivity contribution is -0.138. The molecule has 0 aromatic carbocycles. The average Bonchev–Trinajstić information content (AvgIpc) is 2.25. The van der Waals surface area contributed by atoms with Gasteiger partial charge in [-0.2, -0.15) is 0 Å². The summed E-state index contributed by atoms with van der Waals surface area (Å²) in [6.07, 6.45) is 0.805. The first-order valence-corrected chi connectivity index (χ1v) is 5.99. The third-order valence-corrected chi connectivity index (χ3v) is 2.62. The second-order valence-corrected chi connectivity index (χ2v) is 5.28. The van der Waals surface area contributed by atoms with E-state index in [0.29, 0.717) is 6.54 Å². The largest absolute Gasteiger partial charge is 0.358 e. The maximum Gasteiger partial charge on any atom is 0.240 e. The summed E-state index contributed by atoms with van der Waals surface area (Å²) >= 11 is 0. The summed E-state index contributed by atoms with van der Waals surface area (Å²) in [5, 5.41) is 2.51. The first-order valence-electron chi connectivity index (χ1n) is 5.99. The van der Waals surface area contributed by atoms with Crippen molar-refractivity contribution in [3.63, 3.8) is 0 Å². The van der Waals surface area contributed by atoms with Gasteiger partial charge in [0.25, 0.3) is 0 Å². The first kappa shape index (κ1) is 15.9. The van der Waals surface area contributed by atoms with Crippen LogP contribution in [0.1, 0.15) is 34.1 Å². The smallest absolute Gasteiger partial charge is 0.240 e. The molecule has 0 heterocycles. The van der Waals surface area contributed by atoms with Gasteiger partial charge < -0.3 is 16.0 Å². The molecule has 100 valence electrons. The Kier molecular flexibility index (Phi) is 6.16. The molecule has 0 spiro atoms. The fourth-order valence-corrected chi connectivity index (χ4v) is 1.36. The number of amides is 2. The predicted molar refractivity (Wildman–Crippen MR) is 68.4 cm³/mol. The number of hydrogen-bond acceptors (Lipinski definition) is 3. The minimum atomic E-state index is -0.585. The van der Waals surface area contributed by atoms with Gasteiger partial charge in [0.1, 0.15) is 0 Å². The molecule has 17 heavy (non-hydrogen) atoms. The fraction of sp³-hybridized carbons (Fsp3) is 0.833. The molecule has 0 aromatic rings. The van der Waals surface area contributed by atoms with Crippen LogP contribution in [0, 0.1) is 5.41 Å². The van der Waals surface area contributed by atoms with Crippen LogP contribution in [0.25, 0.3) is 0 Å². The SMILES string of the molecule is CCCN(CC(=O)NC)C(=O)[C@@H](N)C(C)(C)C. The van der Waals surface area contributed by atoms with Gasteiger partial charge in [0, 0.05) is 13.6 Å². The number of rotatable bonds is 5. The molecule has 0 aliphatic rings. The van der Waals surface area contributed by atoms with Crippen LogP contribution in [0.4, 0.5) is 0 Å². The lowest BCUT2D eigenvalue weighted by atomic mass is 9.86. The van der Waals surface area contributed by atoms with Crippen molar-refractivity contribution in [2.75, 3.05) is 20.1 Å². The van der Waals surface area contributed by atoms with E-state index in [1.165, 1.54) is 4.90 Å². The van der Waals surface area contributed by atoms with Crippen LogP contribution in [-0.4, -0.2) is 42.9 Å². The number of hydrogen-bond donors (Lipinski definition) is 2. The predicted octanol–water partition coefficient (Wildman–Crippen LogP) is 0.344. The quantitative estimate of drug-likeness (QED) is 0.731. The van der Waals surface area contributed by atoms with Gasteiger partial charge in [-0.3, -0.25) is 9.59 Å². The van der Waals surface area contributed by atoms with Gasteiger partial charge in [-0.05, 0) is 11.8 Å². The topological polar surface area (TPSA) is 75.4 Å². The van der Waals surface area contributed by atoms with Crippen molar-refractivity contribution in [2.45, 2.75) is 40.2 Å². The number of carbonyl (C=O) groups excluding carboxylic acids is 2. The molecular formula is C12H25N3O2. The molecule has 1 atom stereocenters. The third-order valence-electron chi connectivity index (χ3n) is 2.62. The zero-order valence-electron chi connectivity index (χ0n) is 11.5. The highest BCUT2D eigenvalue weighted by atomic mass is 16.2. The number of carbonyl (C=O) groups is 2. The van der Waals surface area contributed by atoms with Gasteiger partial charge in [-0.25, -0.2) is 0 Å². The Morgan fingerprint density at radius 1 is 1.35 bits per heavy atom. The van der Waals surface area contributed by atoms with E-state index >= 15 is 0 Å². The summed E-state index contributed by atoms with van der Waals surface area (Å²) in [6.45, 7) is 8.34. The molecule has 3 N–H and O–H groups in total. The Labute approximate surface area is 104 Å². The van der Waals surface area contributed by atoms with E-state index in [1.807, 2.05) is 27.7 Å². The van der Waals surface area contributed by atoms with Crippen LogP contribution in [0.2, 0.25) is 0 Å². The maximum absolute atomic E-state index is 12.2. The molecule has 0 saturated carbocycles. The fourth-order valence-electron chi connectivity index (χ4n) is 1.36. The monoisotopic (exact) mass is 243 g/mol. The van der Waals surface area contributed by atoms with E-state index in [0.717, 1.165) is 6.42 Å². The second kappa shape index (κ2) is 6.59. The van der Waals surface area contributed by atoms with E-state index in [1.54, 1.807) is 7.05 Å². The molecule has 0 rings (SSSR count). The molecule has 0 fully saturated rings. The van der Waals surface area contributed by atoms with Crippen LogP contribution in [0.15, 0.2) is 0 Å². The van der Waals surface area contributed by atoms with Gasteiger partial charge in [0.2, 0.25) is 11.8 Å². The summed E-state index contributed by atoms with van der Waals surface area (Å²) in [5.41, 5.74) is 5.62. The Morgan fingerprint density at radius 2 is 1.88 bits per heavy atom. The Balaban J connectivity index is 4.70. The second-order valence-electron chi connectivity index (χ2n) is 5.28. The van der Waals surface area contributed by atoms with Gasteiger partial charge in [0.15, 0.2) is 0 Å². The van der Waals surface area contributed by atoms with Gasteiger partial charge in [-0.15, -0.1) is 0 Å². The highest BCUT2D eigenvalue weighted by molar-refractivity contribution is 5.87. The average molecular weight is 243 g/mol. The van der Waals surface area contributed by atoms with E-state index in [4.69, 9.17) is 5.73 Å². The van der Waals surface area contributed by atoms with Crippen LogP contribution in [0.3, 0.4) is 0 Å². The maximum atomic E-state index is 12.2. The Bertz CT molecular complexity index is 271. The Morgan fingerprint density at radius 3 is 2.24 bits per heavy atom. The lowest BCUT2D eigenvalue weighted by Crippen LogP contribution is -2.52. The van der Waals surface area contributed by atoms with E-state index in [9.17, 15) is 9.59 Å². The van der Waals surface area contributed by atoms with Crippen molar-refractivity contribution in [1.82, 2.24) is 10.2 Å². The molecule has 5 nitrogen and oxygen atoms in total. The van der Waals surface area contributed by atoms with Crippen LogP contribution < -0.4 is 11.1 Å². The molecule has 0 saturated heterocycles. The van der Waals surface area contributed by atoms with Crippen molar-refractivity contribution in [2.24, 2.45) is 11.1 Å². The molecule has 2 amide bonds. The van der Waals surface area contributed by atoms with Crippen molar-refractivity contribution in [1.29, 1.82) is 0 Å². The zero-order chi connectivity index (χ0) is 13.6. The molecule has 5 heteroatoms. The summed E-state index contributed by atoms with van der Waals surface area (Å²) in [4.78, 5) is 25.0. The summed E-state index contributed by atoms with van der Waals surface area (Å²) in [6, 6.07) is -0.585. The summed E-state index contributed by atoms with van der Waals surface area (Å²) in [5.74, 6) is -0.337. The molecule has 0 radical (unpaired) electrons. The third kappa shape index (κ3) is 5.17. The Hall–Kier alpha value is -1.10. The number of nitrogens with zero attached hydrogens (tertiary/aromatic N) is 1. The minimum absolute atomic E-state index is 0.0763. The van der Waals surface area contributed by atoms with Crippen LogP contribution in [0.5, 0.6) is 0 Å². The zero-order valence-corrected chi connectivity index (χ0v) is 11.5. The molecule has 0 aliphatic carbocycles. The van der Waals surface area contributed by atoms with Crippen molar-refractivity contribution >= 4 is 11.8 Å². The van der Waals surface area contributed by atoms with E-state index < -0.39 is 6.04 Å². The van der Waals surface area contributed by atoms with Crippen molar-refractivity contribution in [3.8, 4) is 0 Å².